The lowest BCUT2D eigenvalue weighted by Crippen LogP contribution is -2.12. The molecule has 0 aliphatic heterocycles. The zero-order valence-corrected chi connectivity index (χ0v) is 34.7. The zero-order valence-electron chi connectivity index (χ0n) is 34.7. The van der Waals surface area contributed by atoms with Gasteiger partial charge in [-0.15, -0.1) is 0 Å². The van der Waals surface area contributed by atoms with Gasteiger partial charge in [0.25, 0.3) is 0 Å². The Balaban J connectivity index is -0.00000254. The van der Waals surface area contributed by atoms with Crippen LogP contribution in [0.15, 0.2) is 97.6 Å². The molecule has 0 unspecified atom stereocenters. The van der Waals surface area contributed by atoms with Gasteiger partial charge in [0.05, 0.1) is 24.3 Å². The van der Waals surface area contributed by atoms with Crippen molar-refractivity contribution in [2.45, 2.75) is 95.6 Å². The summed E-state index contributed by atoms with van der Waals surface area (Å²) >= 11 is 0. The minimum atomic E-state index is -0.525. The zero-order chi connectivity index (χ0) is 40.2. The van der Waals surface area contributed by atoms with Crippen LogP contribution in [0.1, 0.15) is 111 Å². The van der Waals surface area contributed by atoms with Crippen LogP contribution in [-0.4, -0.2) is 42.1 Å². The third kappa shape index (κ3) is 19.4. The first-order chi connectivity index (χ1) is 25.7. The minimum Gasteiger partial charge on any atom is -0.494 e. The minimum absolute atomic E-state index is 0. The molecule has 0 fully saturated rings. The average Bonchev–Trinajstić information content (AvgIpc) is 3.22. The second-order valence-corrected chi connectivity index (χ2v) is 10.3. The predicted octanol–water partition coefficient (Wildman–Crippen LogP) is 9.97. The number of rotatable bonds is 14. The van der Waals surface area contributed by atoms with E-state index >= 15 is 0 Å². The smallest absolute Gasteiger partial charge is 0.343 e. The molecule has 55 heavy (non-hydrogen) atoms. The largest absolute Gasteiger partial charge is 0.494 e. The average molecular weight is 765 g/mol. The van der Waals surface area contributed by atoms with E-state index in [2.05, 4.69) is 6.58 Å². The molecule has 0 aliphatic rings. The molecule has 304 valence electrons. The molecule has 4 aromatic carbocycles. The van der Waals surface area contributed by atoms with Crippen molar-refractivity contribution in [1.82, 2.24) is 0 Å². The van der Waals surface area contributed by atoms with Crippen LogP contribution >= 0.6 is 0 Å². The summed E-state index contributed by atoms with van der Waals surface area (Å²) in [5, 5.41) is 0. The standard InChI is InChI=1S/C37H36O8.4C2H6.2H2O/c1-5-35(38)42-23-7-6-22-41-31-16-12-29(13-17-31)36(39)44-33-20-21-34(27(4)26(33)3)45-37(40)30-14-18-32(19-15-30)43-24-28-10-8-25(2)9-11-28;4*1-2;;/h5,8-21H,1,6-7,22-24H2,2-4H3;4*1-2H3;2*1H2. The molecule has 0 saturated heterocycles. The Hall–Kier alpha value is -5.45. The van der Waals surface area contributed by atoms with E-state index in [-0.39, 0.29) is 11.0 Å². The van der Waals surface area contributed by atoms with Gasteiger partial charge in [0.2, 0.25) is 0 Å². The van der Waals surface area contributed by atoms with E-state index in [9.17, 15) is 14.4 Å². The fourth-order valence-corrected chi connectivity index (χ4v) is 4.16. The highest BCUT2D eigenvalue weighted by Gasteiger charge is 2.17. The van der Waals surface area contributed by atoms with Gasteiger partial charge >= 0.3 is 17.9 Å². The predicted molar refractivity (Wildman–Crippen MR) is 223 cm³/mol. The van der Waals surface area contributed by atoms with Crippen molar-refractivity contribution in [2.75, 3.05) is 13.2 Å². The van der Waals surface area contributed by atoms with Crippen LogP contribution in [0.2, 0.25) is 0 Å². The topological polar surface area (TPSA) is 160 Å². The van der Waals surface area contributed by atoms with Gasteiger partial charge in [-0.2, -0.15) is 0 Å². The Morgan fingerprint density at radius 1 is 0.545 bits per heavy atom. The molecular weight excluding hydrogens is 700 g/mol. The SMILES string of the molecule is C=CC(=O)OCCCCOc1ccc(C(=O)Oc2ccc(OC(=O)c3ccc(OCc4ccc(C)cc4)cc3)c(C)c2C)cc1.CC.CC.CC.CC.O.O. The van der Waals surface area contributed by atoms with Crippen molar-refractivity contribution in [1.29, 1.82) is 0 Å². The van der Waals surface area contributed by atoms with Crippen LogP contribution in [0.3, 0.4) is 0 Å². The van der Waals surface area contributed by atoms with Crippen molar-refractivity contribution < 1.29 is 49.0 Å². The van der Waals surface area contributed by atoms with Gasteiger partial charge in [0, 0.05) is 6.08 Å². The maximum absolute atomic E-state index is 12.8. The molecule has 0 amide bonds. The molecule has 0 bridgehead atoms. The van der Waals surface area contributed by atoms with Crippen LogP contribution in [-0.2, 0) is 16.1 Å². The molecule has 0 atom stereocenters. The molecule has 0 saturated carbocycles. The van der Waals surface area contributed by atoms with Gasteiger partial charge < -0.3 is 34.6 Å². The fourth-order valence-electron chi connectivity index (χ4n) is 4.16. The normalized spacial score (nSPS) is 9.00. The summed E-state index contributed by atoms with van der Waals surface area (Å²) in [6.45, 7) is 26.2. The molecule has 0 aliphatic carbocycles. The van der Waals surface area contributed by atoms with Crippen LogP contribution < -0.4 is 18.9 Å². The molecule has 0 aromatic heterocycles. The lowest BCUT2D eigenvalue weighted by Gasteiger charge is -2.14. The Kier molecular flexibility index (Phi) is 31.4. The van der Waals surface area contributed by atoms with Crippen LogP contribution in [0, 0.1) is 20.8 Å². The van der Waals surface area contributed by atoms with Crippen molar-refractivity contribution in [3.8, 4) is 23.0 Å². The molecule has 0 heterocycles. The van der Waals surface area contributed by atoms with Gasteiger partial charge in [-0.3, -0.25) is 0 Å². The van der Waals surface area contributed by atoms with Gasteiger partial charge in [-0.05, 0) is 111 Å². The highest BCUT2D eigenvalue weighted by molar-refractivity contribution is 5.92. The van der Waals surface area contributed by atoms with Gasteiger partial charge in [0.15, 0.2) is 0 Å². The van der Waals surface area contributed by atoms with E-state index in [1.165, 1.54) is 5.56 Å². The number of hydrogen-bond donors (Lipinski definition) is 0. The van der Waals surface area contributed by atoms with Crippen molar-refractivity contribution >= 4 is 17.9 Å². The Morgan fingerprint density at radius 3 is 1.36 bits per heavy atom. The fraction of sp³-hybridized carbons (Fsp3) is 0.356. The monoisotopic (exact) mass is 764 g/mol. The highest BCUT2D eigenvalue weighted by atomic mass is 16.5. The number of esters is 3. The Bertz CT molecular complexity index is 1630. The molecule has 10 heteroatoms. The third-order valence-electron chi connectivity index (χ3n) is 7.02. The highest BCUT2D eigenvalue weighted by Crippen LogP contribution is 2.30. The Morgan fingerprint density at radius 2 is 0.945 bits per heavy atom. The quantitative estimate of drug-likeness (QED) is 0.0531. The summed E-state index contributed by atoms with van der Waals surface area (Å²) < 4.78 is 27.7. The summed E-state index contributed by atoms with van der Waals surface area (Å²) in [7, 11) is 0. The van der Waals surface area contributed by atoms with Crippen LogP contribution in [0.5, 0.6) is 23.0 Å². The summed E-state index contributed by atoms with van der Waals surface area (Å²) in [5.74, 6) is 0.516. The van der Waals surface area contributed by atoms with E-state index in [0.29, 0.717) is 77.9 Å². The van der Waals surface area contributed by atoms with E-state index in [4.69, 9.17) is 23.7 Å². The number of hydrogen-bond acceptors (Lipinski definition) is 8. The molecule has 0 radical (unpaired) electrons. The number of carbonyl (C=O) groups excluding carboxylic acids is 3. The molecular formula is C45H64O10. The van der Waals surface area contributed by atoms with Gasteiger partial charge in [0.1, 0.15) is 29.6 Å². The van der Waals surface area contributed by atoms with Crippen molar-refractivity contribution in [3.63, 3.8) is 0 Å². The number of benzene rings is 4. The number of ether oxygens (including phenoxy) is 5. The summed E-state index contributed by atoms with van der Waals surface area (Å²) in [4.78, 5) is 36.7. The maximum atomic E-state index is 12.8. The number of unbranched alkanes of at least 4 members (excludes halogenated alkanes) is 1. The van der Waals surface area contributed by atoms with Gasteiger partial charge in [-0.1, -0.05) is 91.8 Å². The van der Waals surface area contributed by atoms with Crippen molar-refractivity contribution in [3.05, 3.63) is 131 Å². The molecule has 4 N–H and O–H groups in total. The third-order valence-corrected chi connectivity index (χ3v) is 7.02. The second kappa shape index (κ2) is 32.0. The summed E-state index contributed by atoms with van der Waals surface area (Å²) in [6, 6.07) is 24.7. The molecule has 4 aromatic rings. The second-order valence-electron chi connectivity index (χ2n) is 10.3. The molecule has 10 nitrogen and oxygen atoms in total. The first-order valence-corrected chi connectivity index (χ1v) is 18.6. The number of carbonyl (C=O) groups is 3. The van der Waals surface area contributed by atoms with E-state index in [0.717, 1.165) is 11.6 Å². The lowest BCUT2D eigenvalue weighted by atomic mass is 10.1. The summed E-state index contributed by atoms with van der Waals surface area (Å²) in [6.07, 6.45) is 2.50. The van der Waals surface area contributed by atoms with E-state index < -0.39 is 17.9 Å². The number of aryl methyl sites for hydroxylation is 1. The van der Waals surface area contributed by atoms with Crippen LogP contribution in [0.4, 0.5) is 0 Å². The van der Waals surface area contributed by atoms with Gasteiger partial charge in [-0.25, -0.2) is 14.4 Å². The van der Waals surface area contributed by atoms with Crippen molar-refractivity contribution in [2.24, 2.45) is 0 Å². The van der Waals surface area contributed by atoms with E-state index in [1.807, 2.05) is 86.6 Å². The Labute approximate surface area is 329 Å². The van der Waals surface area contributed by atoms with E-state index in [1.54, 1.807) is 74.5 Å². The lowest BCUT2D eigenvalue weighted by molar-refractivity contribution is -0.137. The first-order valence-electron chi connectivity index (χ1n) is 18.6. The summed E-state index contributed by atoms with van der Waals surface area (Å²) in [5.41, 5.74) is 4.33. The first kappa shape index (κ1) is 53.9. The van der Waals surface area contributed by atoms with Crippen LogP contribution in [0.25, 0.3) is 0 Å². The molecule has 0 spiro atoms. The maximum Gasteiger partial charge on any atom is 0.343 e. The molecule has 4 rings (SSSR count).